The molecule has 4 rings (SSSR count). The summed E-state index contributed by atoms with van der Waals surface area (Å²) in [5.74, 6) is 0.0344. The fourth-order valence-electron chi connectivity index (χ4n) is 3.76. The largest absolute Gasteiger partial charge is 0.514 e. The van der Waals surface area contributed by atoms with Gasteiger partial charge in [-0.05, 0) is 42.9 Å². The maximum Gasteiger partial charge on any atom is 0.514 e. The van der Waals surface area contributed by atoms with Crippen molar-refractivity contribution in [2.75, 3.05) is 13.2 Å². The normalized spacial score (nSPS) is 17.5. The molecule has 7 heteroatoms. The molecule has 0 N–H and O–H groups in total. The molecular weight excluding hydrogens is 405 g/mol. The van der Waals surface area contributed by atoms with Gasteiger partial charge < -0.3 is 9.47 Å². The van der Waals surface area contributed by atoms with Gasteiger partial charge in [0.05, 0.1) is 12.6 Å². The van der Waals surface area contributed by atoms with Crippen molar-refractivity contribution in [3.63, 3.8) is 0 Å². The van der Waals surface area contributed by atoms with Gasteiger partial charge in [0.25, 0.3) is 0 Å². The van der Waals surface area contributed by atoms with Gasteiger partial charge in [-0.1, -0.05) is 32.0 Å². The third kappa shape index (κ3) is 4.73. The highest BCUT2D eigenvalue weighted by molar-refractivity contribution is 7.14. The first-order valence-electron chi connectivity index (χ1n) is 10.4. The third-order valence-corrected chi connectivity index (χ3v) is 6.52. The van der Waals surface area contributed by atoms with E-state index in [1.807, 2.05) is 19.9 Å². The zero-order valence-electron chi connectivity index (χ0n) is 17.2. The maximum absolute atomic E-state index is 14.6. The molecule has 0 radical (unpaired) electrons. The van der Waals surface area contributed by atoms with Crippen molar-refractivity contribution < 1.29 is 23.5 Å². The molecule has 1 aromatic carbocycles. The van der Waals surface area contributed by atoms with E-state index in [1.165, 1.54) is 17.4 Å². The van der Waals surface area contributed by atoms with E-state index < -0.39 is 12.2 Å². The third-order valence-electron chi connectivity index (χ3n) is 5.41. The molecule has 160 valence electrons. The molecule has 1 aromatic heterocycles. The maximum atomic E-state index is 14.6. The van der Waals surface area contributed by atoms with E-state index in [9.17, 15) is 14.0 Å². The van der Waals surface area contributed by atoms with Crippen LogP contribution in [0.4, 0.5) is 9.18 Å². The van der Waals surface area contributed by atoms with Crippen LogP contribution >= 0.6 is 11.3 Å². The second kappa shape index (κ2) is 8.86. The Bertz CT molecular complexity index is 937. The summed E-state index contributed by atoms with van der Waals surface area (Å²) < 4.78 is 25.0. The second-order valence-electron chi connectivity index (χ2n) is 8.39. The van der Waals surface area contributed by atoms with E-state index in [0.717, 1.165) is 29.7 Å². The first kappa shape index (κ1) is 21.0. The molecule has 2 aromatic rings. The lowest BCUT2D eigenvalue weighted by Gasteiger charge is -2.34. The molecule has 1 aliphatic heterocycles. The van der Waals surface area contributed by atoms with Gasteiger partial charge >= 0.3 is 6.16 Å². The highest BCUT2D eigenvalue weighted by atomic mass is 32.1. The molecule has 2 heterocycles. The quantitative estimate of drug-likeness (QED) is 0.569. The van der Waals surface area contributed by atoms with Crippen LogP contribution in [-0.2, 0) is 22.5 Å². The smallest absolute Gasteiger partial charge is 0.434 e. The van der Waals surface area contributed by atoms with Crippen molar-refractivity contribution in [3.05, 3.63) is 52.2 Å². The van der Waals surface area contributed by atoms with Gasteiger partial charge in [0.2, 0.25) is 0 Å². The Morgan fingerprint density at radius 3 is 2.73 bits per heavy atom. The Morgan fingerprint density at radius 1 is 1.27 bits per heavy atom. The van der Waals surface area contributed by atoms with Gasteiger partial charge in [0, 0.05) is 29.4 Å². The summed E-state index contributed by atoms with van der Waals surface area (Å²) in [5.41, 5.74) is 1.46. The highest BCUT2D eigenvalue weighted by Crippen LogP contribution is 2.41. The molecule has 30 heavy (non-hydrogen) atoms. The zero-order valence-corrected chi connectivity index (χ0v) is 18.0. The van der Waals surface area contributed by atoms with Gasteiger partial charge in [-0.2, -0.15) is 0 Å². The molecule has 0 bridgehead atoms. The number of benzene rings is 1. The highest BCUT2D eigenvalue weighted by Gasteiger charge is 2.40. The van der Waals surface area contributed by atoms with Crippen molar-refractivity contribution >= 4 is 23.3 Å². The minimum Gasteiger partial charge on any atom is -0.434 e. The lowest BCUT2D eigenvalue weighted by Crippen LogP contribution is -2.38. The van der Waals surface area contributed by atoms with Crippen LogP contribution in [0.1, 0.15) is 48.7 Å². The number of hydrogen-bond donors (Lipinski definition) is 0. The van der Waals surface area contributed by atoms with Gasteiger partial charge in [-0.3, -0.25) is 9.69 Å². The van der Waals surface area contributed by atoms with Crippen molar-refractivity contribution in [1.29, 1.82) is 0 Å². The number of halogens is 1. The van der Waals surface area contributed by atoms with Crippen molar-refractivity contribution in [3.8, 4) is 5.06 Å². The number of nitrogens with zero attached hydrogens (tertiary/aromatic N) is 1. The zero-order chi connectivity index (χ0) is 21.3. The van der Waals surface area contributed by atoms with Crippen LogP contribution in [0.2, 0.25) is 0 Å². The van der Waals surface area contributed by atoms with Gasteiger partial charge in [-0.15, -0.1) is 11.3 Å². The first-order chi connectivity index (χ1) is 14.4. The van der Waals surface area contributed by atoms with E-state index in [0.29, 0.717) is 30.3 Å². The summed E-state index contributed by atoms with van der Waals surface area (Å²) in [6, 6.07) is 7.81. The molecule has 1 aliphatic carbocycles. The average molecular weight is 432 g/mol. The van der Waals surface area contributed by atoms with Crippen LogP contribution in [0.15, 0.2) is 30.3 Å². The Kier molecular flexibility index (Phi) is 6.20. The molecule has 1 fully saturated rings. The van der Waals surface area contributed by atoms with Crippen molar-refractivity contribution in [2.24, 2.45) is 11.8 Å². The Labute approximate surface area is 179 Å². The number of fused-ring (bicyclic) bond motifs is 1. The summed E-state index contributed by atoms with van der Waals surface area (Å²) in [6.07, 6.45) is 1.80. The summed E-state index contributed by atoms with van der Waals surface area (Å²) >= 11 is 1.43. The molecule has 0 saturated heterocycles. The monoisotopic (exact) mass is 431 g/mol. The standard InChI is InChI=1S/C23H26FNO4S/c1-14(2)13-28-23(27)29-20-11-16-12-25(10-9-19(16)30-20)21(22(26)15-7-8-15)17-5-3-4-6-18(17)24/h3-6,11,14-15,21H,7-10,12-13H2,1-2H3. The van der Waals surface area contributed by atoms with Gasteiger partial charge in [-0.25, -0.2) is 9.18 Å². The molecule has 1 atom stereocenters. The van der Waals surface area contributed by atoms with Crippen LogP contribution < -0.4 is 4.74 Å². The summed E-state index contributed by atoms with van der Waals surface area (Å²) in [4.78, 5) is 28.1. The Morgan fingerprint density at radius 2 is 2.03 bits per heavy atom. The number of ether oxygens (including phenoxy) is 2. The van der Waals surface area contributed by atoms with E-state index in [1.54, 1.807) is 18.2 Å². The predicted octanol–water partition coefficient (Wildman–Crippen LogP) is 5.14. The number of carbonyl (C=O) groups is 2. The Hall–Kier alpha value is -2.25. The van der Waals surface area contributed by atoms with Crippen LogP contribution in [0.25, 0.3) is 0 Å². The lowest BCUT2D eigenvalue weighted by molar-refractivity contribution is -0.126. The Balaban J connectivity index is 1.50. The predicted molar refractivity (Wildman–Crippen MR) is 112 cm³/mol. The average Bonchev–Trinajstić information content (AvgIpc) is 3.48. The SMILES string of the molecule is CC(C)COC(=O)Oc1cc2c(s1)CCN(C(C(=O)C1CC1)c1ccccc1F)C2. The minimum atomic E-state index is -0.702. The number of Topliss-reactive ketones (excluding diaryl/α,β-unsaturated/α-hetero) is 1. The van der Waals surface area contributed by atoms with Crippen molar-refractivity contribution in [1.82, 2.24) is 4.90 Å². The number of ketones is 1. The summed E-state index contributed by atoms with van der Waals surface area (Å²) in [6.45, 7) is 5.41. The lowest BCUT2D eigenvalue weighted by atomic mass is 9.95. The molecule has 5 nitrogen and oxygen atoms in total. The first-order valence-corrected chi connectivity index (χ1v) is 11.2. The van der Waals surface area contributed by atoms with E-state index >= 15 is 0 Å². The molecule has 0 amide bonds. The summed E-state index contributed by atoms with van der Waals surface area (Å²) in [7, 11) is 0. The van der Waals surface area contributed by atoms with Crippen LogP contribution in [0.5, 0.6) is 5.06 Å². The number of hydrogen-bond acceptors (Lipinski definition) is 6. The number of carbonyl (C=O) groups excluding carboxylic acids is 2. The molecule has 1 unspecified atom stereocenters. The second-order valence-corrected chi connectivity index (χ2v) is 9.49. The van der Waals surface area contributed by atoms with Crippen LogP contribution in [-0.4, -0.2) is 30.0 Å². The number of thiophene rings is 1. The van der Waals surface area contributed by atoms with E-state index in [2.05, 4.69) is 4.90 Å². The minimum absolute atomic E-state index is 0.0353. The van der Waals surface area contributed by atoms with Crippen molar-refractivity contribution in [2.45, 2.75) is 45.7 Å². The van der Waals surface area contributed by atoms with E-state index in [4.69, 9.17) is 9.47 Å². The topological polar surface area (TPSA) is 55.8 Å². The number of rotatable bonds is 7. The summed E-state index contributed by atoms with van der Waals surface area (Å²) in [5, 5.41) is 0.492. The van der Waals surface area contributed by atoms with E-state index in [-0.39, 0.29) is 23.4 Å². The molecule has 1 saturated carbocycles. The van der Waals surface area contributed by atoms with Crippen LogP contribution in [0, 0.1) is 17.7 Å². The molecule has 0 spiro atoms. The van der Waals surface area contributed by atoms with Gasteiger partial charge in [0.15, 0.2) is 10.8 Å². The van der Waals surface area contributed by atoms with Gasteiger partial charge in [0.1, 0.15) is 5.82 Å². The fraction of sp³-hybridized carbons (Fsp3) is 0.478. The molecule has 2 aliphatic rings. The van der Waals surface area contributed by atoms with Crippen LogP contribution in [0.3, 0.4) is 0 Å². The molecular formula is C23H26FNO4S. The fourth-order valence-corrected chi connectivity index (χ4v) is 4.76.